The normalized spacial score (nSPS) is 18.0. The topological polar surface area (TPSA) is 88.8 Å². The summed E-state index contributed by atoms with van der Waals surface area (Å²) in [6.45, 7) is 3.27. The van der Waals surface area contributed by atoms with Crippen LogP contribution in [-0.4, -0.2) is 50.0 Å². The van der Waals surface area contributed by atoms with Crippen molar-refractivity contribution < 1.29 is 4.79 Å². The minimum absolute atomic E-state index is 0.0194. The van der Waals surface area contributed by atoms with E-state index in [2.05, 4.69) is 25.6 Å². The number of hydrogen-bond acceptors (Lipinski definition) is 6. The Morgan fingerprint density at radius 3 is 2.88 bits per heavy atom. The maximum Gasteiger partial charge on any atom is 0.242 e. The van der Waals surface area contributed by atoms with Crippen molar-refractivity contribution in [2.75, 3.05) is 18.0 Å². The zero-order chi connectivity index (χ0) is 16.5. The van der Waals surface area contributed by atoms with Crippen molar-refractivity contribution in [3.63, 3.8) is 0 Å². The lowest BCUT2D eigenvalue weighted by molar-refractivity contribution is -0.123. The molecule has 1 atom stereocenters. The zero-order valence-electron chi connectivity index (χ0n) is 13.3. The molecule has 24 heavy (non-hydrogen) atoms. The first kappa shape index (κ1) is 14.6. The summed E-state index contributed by atoms with van der Waals surface area (Å²) in [6, 6.07) is 9.46. The van der Waals surface area contributed by atoms with Crippen LogP contribution in [0.1, 0.15) is 13.3 Å². The molecule has 8 nitrogen and oxygen atoms in total. The number of nitrogens with one attached hydrogen (secondary N) is 1. The summed E-state index contributed by atoms with van der Waals surface area (Å²) < 4.78 is 1.69. The third-order valence-corrected chi connectivity index (χ3v) is 4.21. The first-order valence-electron chi connectivity index (χ1n) is 7.95. The van der Waals surface area contributed by atoms with Crippen LogP contribution in [0.3, 0.4) is 0 Å². The Morgan fingerprint density at radius 2 is 2.08 bits per heavy atom. The predicted octanol–water partition coefficient (Wildman–Crippen LogP) is 0.925. The molecule has 2 aromatic heterocycles. The lowest BCUT2D eigenvalue weighted by Crippen LogP contribution is -2.55. The second-order valence-electron chi connectivity index (χ2n) is 5.61. The van der Waals surface area contributed by atoms with Gasteiger partial charge >= 0.3 is 0 Å². The maximum atomic E-state index is 12.1. The molecule has 122 valence electrons. The van der Waals surface area contributed by atoms with Gasteiger partial charge < -0.3 is 10.2 Å². The Hall–Kier alpha value is -3.03. The summed E-state index contributed by atoms with van der Waals surface area (Å²) in [7, 11) is 0. The number of carbonyl (C=O) groups is 1. The summed E-state index contributed by atoms with van der Waals surface area (Å²) in [4.78, 5) is 22.9. The number of piperazine rings is 1. The third kappa shape index (κ3) is 2.27. The second kappa shape index (κ2) is 5.88. The molecule has 4 rings (SSSR count). The lowest BCUT2D eigenvalue weighted by Gasteiger charge is -2.35. The molecule has 3 heterocycles. The monoisotopic (exact) mass is 323 g/mol. The number of benzene rings is 1. The van der Waals surface area contributed by atoms with Crippen LogP contribution in [0, 0.1) is 0 Å². The van der Waals surface area contributed by atoms with Crippen molar-refractivity contribution in [2.45, 2.75) is 19.4 Å². The van der Waals surface area contributed by atoms with Crippen LogP contribution in [0.15, 0.2) is 36.7 Å². The summed E-state index contributed by atoms with van der Waals surface area (Å²) in [5.41, 5.74) is 2.12. The smallest absolute Gasteiger partial charge is 0.242 e. The standard InChI is InChI=1S/C16H17N7O/c1-2-12-16(24)17-8-9-22(12)14-13-15(19-10-18-14)23(21-20-13)11-6-4-3-5-7-11/h3-7,10,12H,2,8-9H2,1H3,(H,17,24)/t12-/m1/s1. The van der Waals surface area contributed by atoms with Crippen molar-refractivity contribution in [1.82, 2.24) is 30.3 Å². The number of carbonyl (C=O) groups excluding carboxylic acids is 1. The Bertz CT molecular complexity index is 877. The molecule has 0 radical (unpaired) electrons. The fourth-order valence-electron chi connectivity index (χ4n) is 3.06. The first-order valence-corrected chi connectivity index (χ1v) is 7.95. The highest BCUT2D eigenvalue weighted by atomic mass is 16.2. The van der Waals surface area contributed by atoms with E-state index in [4.69, 9.17) is 0 Å². The molecule has 1 amide bonds. The molecule has 0 saturated carbocycles. The number of para-hydroxylation sites is 1. The van der Waals surface area contributed by atoms with E-state index >= 15 is 0 Å². The molecule has 0 aliphatic carbocycles. The van der Waals surface area contributed by atoms with Gasteiger partial charge in [0.05, 0.1) is 5.69 Å². The molecule has 1 aliphatic rings. The summed E-state index contributed by atoms with van der Waals surface area (Å²) in [6.07, 6.45) is 2.20. The van der Waals surface area contributed by atoms with E-state index in [1.807, 2.05) is 42.2 Å². The first-order chi connectivity index (χ1) is 11.8. The molecule has 0 spiro atoms. The van der Waals surface area contributed by atoms with Crippen LogP contribution in [0.4, 0.5) is 5.82 Å². The minimum Gasteiger partial charge on any atom is -0.353 e. The lowest BCUT2D eigenvalue weighted by atomic mass is 10.1. The average Bonchev–Trinajstić information content (AvgIpc) is 3.06. The maximum absolute atomic E-state index is 12.1. The molecule has 1 aliphatic heterocycles. The molecule has 1 saturated heterocycles. The molecule has 8 heteroatoms. The Balaban J connectivity index is 1.83. The Labute approximate surface area is 138 Å². The van der Waals surface area contributed by atoms with Crippen molar-refractivity contribution in [3.05, 3.63) is 36.7 Å². The molecule has 0 unspecified atom stereocenters. The summed E-state index contributed by atoms with van der Waals surface area (Å²) in [5.74, 6) is 0.676. The van der Waals surface area contributed by atoms with Gasteiger partial charge in [-0.15, -0.1) is 5.10 Å². The van der Waals surface area contributed by atoms with Crippen LogP contribution >= 0.6 is 0 Å². The highest BCUT2D eigenvalue weighted by Crippen LogP contribution is 2.25. The van der Waals surface area contributed by atoms with Crippen molar-refractivity contribution in [1.29, 1.82) is 0 Å². The quantitative estimate of drug-likeness (QED) is 0.771. The summed E-state index contributed by atoms with van der Waals surface area (Å²) >= 11 is 0. The predicted molar refractivity (Wildman–Crippen MR) is 88.9 cm³/mol. The van der Waals surface area contributed by atoms with E-state index in [0.717, 1.165) is 5.69 Å². The molecule has 3 aromatic rings. The van der Waals surface area contributed by atoms with E-state index in [1.165, 1.54) is 6.33 Å². The number of fused-ring (bicyclic) bond motifs is 1. The van der Waals surface area contributed by atoms with Gasteiger partial charge in [-0.25, -0.2) is 9.97 Å². The van der Waals surface area contributed by atoms with Gasteiger partial charge in [-0.3, -0.25) is 4.79 Å². The molecule has 1 N–H and O–H groups in total. The molecule has 0 bridgehead atoms. The van der Waals surface area contributed by atoms with Gasteiger partial charge in [0.25, 0.3) is 0 Å². The van der Waals surface area contributed by atoms with Crippen LogP contribution in [0.5, 0.6) is 0 Å². The number of hydrogen-bond donors (Lipinski definition) is 1. The summed E-state index contributed by atoms with van der Waals surface area (Å²) in [5, 5.41) is 11.4. The average molecular weight is 323 g/mol. The van der Waals surface area contributed by atoms with Crippen LogP contribution in [0.2, 0.25) is 0 Å². The van der Waals surface area contributed by atoms with E-state index in [1.54, 1.807) is 4.68 Å². The van der Waals surface area contributed by atoms with Crippen molar-refractivity contribution >= 4 is 22.9 Å². The van der Waals surface area contributed by atoms with Crippen molar-refractivity contribution in [2.24, 2.45) is 0 Å². The highest BCUT2D eigenvalue weighted by Gasteiger charge is 2.31. The number of aromatic nitrogens is 5. The van der Waals surface area contributed by atoms with E-state index < -0.39 is 0 Å². The van der Waals surface area contributed by atoms with Crippen LogP contribution in [-0.2, 0) is 4.79 Å². The molecule has 1 aromatic carbocycles. The fraction of sp³-hybridized carbons (Fsp3) is 0.312. The molecular formula is C16H17N7O. The fourth-order valence-corrected chi connectivity index (χ4v) is 3.06. The van der Waals surface area contributed by atoms with Crippen LogP contribution in [0.25, 0.3) is 16.9 Å². The van der Waals surface area contributed by atoms with Gasteiger partial charge in [0, 0.05) is 13.1 Å². The van der Waals surface area contributed by atoms with Gasteiger partial charge in [-0.1, -0.05) is 30.3 Å². The van der Waals surface area contributed by atoms with E-state index in [-0.39, 0.29) is 11.9 Å². The van der Waals surface area contributed by atoms with Gasteiger partial charge in [0.2, 0.25) is 5.91 Å². The Morgan fingerprint density at radius 1 is 1.25 bits per heavy atom. The van der Waals surface area contributed by atoms with Gasteiger partial charge in [0.1, 0.15) is 12.4 Å². The minimum atomic E-state index is -0.251. The molecular weight excluding hydrogens is 306 g/mol. The van der Waals surface area contributed by atoms with Gasteiger partial charge in [-0.2, -0.15) is 4.68 Å². The Kier molecular flexibility index (Phi) is 3.56. The SMILES string of the molecule is CC[C@@H]1C(=O)NCCN1c1ncnc2c1nnn2-c1ccccc1. The number of nitrogens with zero attached hydrogens (tertiary/aromatic N) is 6. The number of amides is 1. The third-order valence-electron chi connectivity index (χ3n) is 4.21. The van der Waals surface area contributed by atoms with Gasteiger partial charge in [-0.05, 0) is 18.6 Å². The highest BCUT2D eigenvalue weighted by molar-refractivity contribution is 5.90. The van der Waals surface area contributed by atoms with E-state index in [0.29, 0.717) is 36.5 Å². The zero-order valence-corrected chi connectivity index (χ0v) is 13.3. The second-order valence-corrected chi connectivity index (χ2v) is 5.61. The molecule has 1 fully saturated rings. The van der Waals surface area contributed by atoms with E-state index in [9.17, 15) is 4.79 Å². The van der Waals surface area contributed by atoms with Crippen molar-refractivity contribution in [3.8, 4) is 5.69 Å². The van der Waals surface area contributed by atoms with Gasteiger partial charge in [0.15, 0.2) is 17.0 Å². The van der Waals surface area contributed by atoms with Crippen LogP contribution < -0.4 is 10.2 Å². The number of rotatable bonds is 3. The number of anilines is 1. The largest absolute Gasteiger partial charge is 0.353 e.